The third-order valence-corrected chi connectivity index (χ3v) is 9.42. The van der Waals surface area contributed by atoms with Gasteiger partial charge in [0.15, 0.2) is 0 Å². The van der Waals surface area contributed by atoms with Crippen LogP contribution in [0.1, 0.15) is 23.7 Å². The van der Waals surface area contributed by atoms with E-state index in [0.717, 1.165) is 64.4 Å². The summed E-state index contributed by atoms with van der Waals surface area (Å²) in [5.41, 5.74) is 9.92. The van der Waals surface area contributed by atoms with Crippen LogP contribution >= 0.6 is 11.8 Å². The minimum Gasteiger partial charge on any atom is -0.497 e. The van der Waals surface area contributed by atoms with Gasteiger partial charge in [-0.15, -0.1) is 6.58 Å². The fraction of sp³-hybridized carbons (Fsp3) is 0.273. The Kier molecular flexibility index (Phi) is 7.50. The van der Waals surface area contributed by atoms with Crippen molar-refractivity contribution in [2.24, 2.45) is 17.6 Å². The van der Waals surface area contributed by atoms with Gasteiger partial charge < -0.3 is 20.1 Å². The van der Waals surface area contributed by atoms with Crippen LogP contribution in [0.25, 0.3) is 22.2 Å². The number of benzene rings is 3. The molecule has 7 heteroatoms. The predicted octanol–water partition coefficient (Wildman–Crippen LogP) is 7.45. The highest BCUT2D eigenvalue weighted by molar-refractivity contribution is 8.14. The first-order valence-electron chi connectivity index (χ1n) is 13.7. The second-order valence-corrected chi connectivity index (χ2v) is 11.5. The van der Waals surface area contributed by atoms with Gasteiger partial charge in [-0.3, -0.25) is 4.79 Å². The number of nitrogens with zero attached hydrogens (tertiary/aromatic N) is 2. The molecule has 0 unspecified atom stereocenters. The van der Waals surface area contributed by atoms with Gasteiger partial charge in [-0.1, -0.05) is 36.0 Å². The number of rotatable bonds is 8. The molecule has 2 aliphatic rings. The molecule has 2 N–H and O–H groups in total. The summed E-state index contributed by atoms with van der Waals surface area (Å²) in [4.78, 5) is 20.3. The molecule has 204 valence electrons. The number of hydrogen-bond donors (Lipinski definition) is 1. The number of carbonyl (C=O) groups is 1. The van der Waals surface area contributed by atoms with Crippen molar-refractivity contribution < 1.29 is 14.3 Å². The maximum Gasteiger partial charge on any atom is 0.282 e. The number of amides is 1. The van der Waals surface area contributed by atoms with Crippen LogP contribution in [0.15, 0.2) is 91.5 Å². The van der Waals surface area contributed by atoms with Gasteiger partial charge in [0.1, 0.15) is 17.2 Å². The van der Waals surface area contributed by atoms with E-state index in [1.165, 1.54) is 11.8 Å². The number of carbonyl (C=O) groups excluding carboxylic acids is 1. The van der Waals surface area contributed by atoms with E-state index in [0.29, 0.717) is 12.5 Å². The molecule has 0 spiro atoms. The molecule has 1 amide bonds. The molecule has 6 nitrogen and oxygen atoms in total. The summed E-state index contributed by atoms with van der Waals surface area (Å²) in [6, 6.07) is 26.0. The van der Waals surface area contributed by atoms with Crippen LogP contribution in [0.4, 0.5) is 4.79 Å². The number of methoxy groups -OCH3 is 1. The van der Waals surface area contributed by atoms with Crippen molar-refractivity contribution in [3.63, 3.8) is 0 Å². The van der Waals surface area contributed by atoms with Crippen molar-refractivity contribution in [3.8, 4) is 28.5 Å². The van der Waals surface area contributed by atoms with Gasteiger partial charge >= 0.3 is 0 Å². The molecule has 3 aromatic carbocycles. The molecule has 4 aromatic rings. The summed E-state index contributed by atoms with van der Waals surface area (Å²) in [5.74, 6) is 3.00. The number of nitrogens with two attached hydrogens (primary N) is 1. The summed E-state index contributed by atoms with van der Waals surface area (Å²) >= 11 is 1.43. The van der Waals surface area contributed by atoms with Gasteiger partial charge in [-0.05, 0) is 97.4 Å². The van der Waals surface area contributed by atoms with E-state index in [1.54, 1.807) is 7.11 Å². The van der Waals surface area contributed by atoms with Crippen LogP contribution < -0.4 is 15.2 Å². The smallest absolute Gasteiger partial charge is 0.282 e. The van der Waals surface area contributed by atoms with E-state index in [-0.39, 0.29) is 22.4 Å². The second-order valence-electron chi connectivity index (χ2n) is 10.4. The van der Waals surface area contributed by atoms with Gasteiger partial charge in [-0.2, -0.15) is 0 Å². The zero-order valence-corrected chi connectivity index (χ0v) is 23.3. The second kappa shape index (κ2) is 11.4. The maximum atomic E-state index is 13.2. The quantitative estimate of drug-likeness (QED) is 0.229. The highest BCUT2D eigenvalue weighted by Gasteiger charge is 2.46. The molecule has 0 radical (unpaired) electrons. The lowest BCUT2D eigenvalue weighted by Gasteiger charge is -2.39. The monoisotopic (exact) mass is 551 g/mol. The lowest BCUT2D eigenvalue weighted by Crippen LogP contribution is -2.44. The third kappa shape index (κ3) is 5.07. The van der Waals surface area contributed by atoms with Crippen LogP contribution in [0.2, 0.25) is 0 Å². The van der Waals surface area contributed by atoms with Gasteiger partial charge in [0.25, 0.3) is 5.24 Å². The van der Waals surface area contributed by atoms with Gasteiger partial charge in [0.2, 0.25) is 0 Å². The average molecular weight is 552 g/mol. The molecule has 3 heterocycles. The van der Waals surface area contributed by atoms with Crippen LogP contribution in [-0.2, 0) is 0 Å². The molecule has 2 fully saturated rings. The maximum absolute atomic E-state index is 13.2. The van der Waals surface area contributed by atoms with Crippen molar-refractivity contribution in [3.05, 3.63) is 97.1 Å². The van der Waals surface area contributed by atoms with Crippen LogP contribution in [0.5, 0.6) is 17.2 Å². The molecule has 0 bridgehead atoms. The zero-order valence-electron chi connectivity index (χ0n) is 22.5. The molecule has 2 saturated heterocycles. The van der Waals surface area contributed by atoms with Gasteiger partial charge in [0, 0.05) is 23.5 Å². The number of thioether (sulfide) groups is 1. The predicted molar refractivity (Wildman–Crippen MR) is 162 cm³/mol. The number of aromatic nitrogens is 1. The fourth-order valence-corrected chi connectivity index (χ4v) is 7.31. The summed E-state index contributed by atoms with van der Waals surface area (Å²) < 4.78 is 11.6. The van der Waals surface area contributed by atoms with Crippen molar-refractivity contribution in [1.82, 2.24) is 9.88 Å². The summed E-state index contributed by atoms with van der Waals surface area (Å²) in [6.07, 6.45) is 3.85. The number of piperidine rings is 1. The minimum absolute atomic E-state index is 0.0180. The fourth-order valence-electron chi connectivity index (χ4n) is 5.99. The first kappa shape index (κ1) is 26.4. The standard InChI is InChI=1S/C33H33N3O3S/c1-3-21(20-34)23-15-16-36-31(17-23)32(40-33(36)37)28-19-30(35-29-14-13-26(38-2)18-27(28)29)22-9-11-25(12-10-22)39-24-7-5-4-6-8-24/h3-14,18-19,21,23,31-32H,1,15-17,20,34H2,2H3/t21-,23-,31-,32-/m0/s1. The Bertz CT molecular complexity index is 1530. The molecule has 0 aliphatic carbocycles. The summed E-state index contributed by atoms with van der Waals surface area (Å²) in [7, 11) is 1.67. The largest absolute Gasteiger partial charge is 0.497 e. The molecule has 0 saturated carbocycles. The summed E-state index contributed by atoms with van der Waals surface area (Å²) in [5, 5.41) is 1.14. The Morgan fingerprint density at radius 3 is 2.55 bits per heavy atom. The number of fused-ring (bicyclic) bond motifs is 2. The van der Waals surface area contributed by atoms with E-state index in [4.69, 9.17) is 20.2 Å². The molecule has 1 aromatic heterocycles. The summed E-state index contributed by atoms with van der Waals surface area (Å²) in [6.45, 7) is 5.36. The molecular weight excluding hydrogens is 518 g/mol. The van der Waals surface area contributed by atoms with Crippen molar-refractivity contribution in [1.29, 1.82) is 0 Å². The average Bonchev–Trinajstić information content (AvgIpc) is 3.33. The Labute approximate surface area is 239 Å². The Hall–Kier alpha value is -3.81. The Morgan fingerprint density at radius 1 is 1.07 bits per heavy atom. The van der Waals surface area contributed by atoms with Crippen molar-refractivity contribution in [2.75, 3.05) is 20.2 Å². The van der Waals surface area contributed by atoms with Crippen molar-refractivity contribution >= 4 is 27.9 Å². The van der Waals surface area contributed by atoms with E-state index in [9.17, 15) is 4.79 Å². The molecule has 2 aliphatic heterocycles. The molecular formula is C33H33N3O3S. The zero-order chi connectivity index (χ0) is 27.6. The Morgan fingerprint density at radius 2 is 1.82 bits per heavy atom. The van der Waals surface area contributed by atoms with Gasteiger partial charge in [0.05, 0.1) is 23.6 Å². The van der Waals surface area contributed by atoms with Gasteiger partial charge in [-0.25, -0.2) is 4.98 Å². The topological polar surface area (TPSA) is 77.7 Å². The first-order chi connectivity index (χ1) is 19.6. The normalized spacial score (nSPS) is 21.2. The lowest BCUT2D eigenvalue weighted by atomic mass is 9.79. The molecule has 6 rings (SSSR count). The third-order valence-electron chi connectivity index (χ3n) is 8.16. The van der Waals surface area contributed by atoms with E-state index in [2.05, 4.69) is 17.5 Å². The van der Waals surface area contributed by atoms with Crippen molar-refractivity contribution in [2.45, 2.75) is 24.1 Å². The highest BCUT2D eigenvalue weighted by Crippen LogP contribution is 2.51. The first-order valence-corrected chi connectivity index (χ1v) is 14.6. The number of para-hydroxylation sites is 1. The number of hydrogen-bond acceptors (Lipinski definition) is 6. The van der Waals surface area contributed by atoms with Crippen LogP contribution in [0.3, 0.4) is 0 Å². The number of ether oxygens (including phenoxy) is 2. The SMILES string of the molecule is C=C[C@@H](CN)[C@H]1CCN2C(=O)S[C@@H](c3cc(-c4ccc(Oc5ccccc5)cc4)nc4ccc(OC)cc34)[C@@H]2C1. The lowest BCUT2D eigenvalue weighted by molar-refractivity contribution is 0.136. The number of pyridine rings is 1. The van der Waals surface area contributed by atoms with E-state index >= 15 is 0 Å². The van der Waals surface area contributed by atoms with Crippen LogP contribution in [0, 0.1) is 11.8 Å². The highest BCUT2D eigenvalue weighted by atomic mass is 32.2. The molecule has 40 heavy (non-hydrogen) atoms. The van der Waals surface area contributed by atoms with Crippen LogP contribution in [-0.4, -0.2) is 41.4 Å². The minimum atomic E-state index is -0.0180. The Balaban J connectivity index is 1.38. The van der Waals surface area contributed by atoms with E-state index in [1.807, 2.05) is 78.9 Å². The molecule has 4 atom stereocenters. The van der Waals surface area contributed by atoms with E-state index < -0.39 is 0 Å².